The molecule has 0 aliphatic carbocycles. The van der Waals surface area contributed by atoms with Gasteiger partial charge in [-0.15, -0.1) is 0 Å². The van der Waals surface area contributed by atoms with E-state index in [1.807, 2.05) is 12.1 Å². The first-order chi connectivity index (χ1) is 15.4. The maximum Gasteiger partial charge on any atom is 0.338 e. The van der Waals surface area contributed by atoms with Crippen molar-refractivity contribution in [2.75, 3.05) is 25.2 Å². The minimum atomic E-state index is -0.955. The minimum absolute atomic E-state index is 0.157. The van der Waals surface area contributed by atoms with E-state index in [1.165, 1.54) is 6.92 Å². The summed E-state index contributed by atoms with van der Waals surface area (Å²) in [5.74, 6) is 0.222. The molecule has 3 atom stereocenters. The van der Waals surface area contributed by atoms with Crippen molar-refractivity contribution in [3.63, 3.8) is 0 Å². The van der Waals surface area contributed by atoms with Crippen LogP contribution < -0.4 is 14.8 Å². The molecule has 32 heavy (non-hydrogen) atoms. The number of anilines is 1. The zero-order valence-corrected chi connectivity index (χ0v) is 18.5. The molecule has 2 aliphatic heterocycles. The quantitative estimate of drug-likeness (QED) is 0.691. The lowest BCUT2D eigenvalue weighted by molar-refractivity contribution is -0.123. The van der Waals surface area contributed by atoms with Gasteiger partial charge in [-0.2, -0.15) is 0 Å². The summed E-state index contributed by atoms with van der Waals surface area (Å²) in [7, 11) is 0. The van der Waals surface area contributed by atoms with Gasteiger partial charge in [-0.05, 0) is 50.6 Å². The van der Waals surface area contributed by atoms with Crippen LogP contribution in [-0.4, -0.2) is 55.0 Å². The highest BCUT2D eigenvalue weighted by atomic mass is 16.7. The third-order valence-electron chi connectivity index (χ3n) is 5.38. The Morgan fingerprint density at radius 1 is 1.06 bits per heavy atom. The molecule has 0 spiro atoms. The van der Waals surface area contributed by atoms with Gasteiger partial charge < -0.3 is 24.3 Å². The molecule has 0 bridgehead atoms. The molecule has 1 N–H and O–H groups in total. The number of carbonyl (C=O) groups is 2. The van der Waals surface area contributed by atoms with Gasteiger partial charge in [0, 0.05) is 31.4 Å². The van der Waals surface area contributed by atoms with Crippen LogP contribution in [0.1, 0.15) is 36.7 Å². The zero-order chi connectivity index (χ0) is 22.7. The molecule has 0 unspecified atom stereocenters. The number of nitrogens with zero attached hydrogens (tertiary/aromatic N) is 1. The van der Waals surface area contributed by atoms with Gasteiger partial charge in [0.2, 0.25) is 6.79 Å². The lowest BCUT2D eigenvalue weighted by Gasteiger charge is -2.35. The van der Waals surface area contributed by atoms with Crippen molar-refractivity contribution >= 4 is 17.6 Å². The number of amides is 1. The molecule has 2 heterocycles. The molecule has 1 fully saturated rings. The topological polar surface area (TPSA) is 86.3 Å². The second-order valence-electron chi connectivity index (χ2n) is 8.25. The lowest BCUT2D eigenvalue weighted by atomic mass is 10.1. The average Bonchev–Trinajstić information content (AvgIpc) is 3.21. The molecule has 8 nitrogen and oxygen atoms in total. The summed E-state index contributed by atoms with van der Waals surface area (Å²) in [4.78, 5) is 27.3. The van der Waals surface area contributed by atoms with Gasteiger partial charge in [0.15, 0.2) is 17.6 Å². The summed E-state index contributed by atoms with van der Waals surface area (Å²) in [5, 5.41) is 2.72. The Kier molecular flexibility index (Phi) is 6.62. The van der Waals surface area contributed by atoms with E-state index >= 15 is 0 Å². The standard InChI is InChI=1S/C24H28N2O6/c1-15-11-26(12-16(2)31-15)13-18-4-6-19(7-5-18)24(28)32-17(3)23(27)25-20-8-9-21-22(10-20)30-14-29-21/h4-10,15-17H,11-14H2,1-3H3,(H,25,27)/t15-,16+,17-/m0/s1. The van der Waals surface area contributed by atoms with Crippen LogP contribution in [0.4, 0.5) is 5.69 Å². The molecular formula is C24H28N2O6. The largest absolute Gasteiger partial charge is 0.454 e. The van der Waals surface area contributed by atoms with Crippen LogP contribution in [0.3, 0.4) is 0 Å². The van der Waals surface area contributed by atoms with Gasteiger partial charge in [-0.1, -0.05) is 12.1 Å². The number of benzene rings is 2. The summed E-state index contributed by atoms with van der Waals surface area (Å²) < 4.78 is 21.7. The Labute approximate surface area is 187 Å². The second-order valence-corrected chi connectivity index (χ2v) is 8.25. The van der Waals surface area contributed by atoms with Crippen molar-refractivity contribution in [3.8, 4) is 11.5 Å². The van der Waals surface area contributed by atoms with Gasteiger partial charge in [0.05, 0.1) is 17.8 Å². The van der Waals surface area contributed by atoms with E-state index in [9.17, 15) is 9.59 Å². The monoisotopic (exact) mass is 440 g/mol. The first kappa shape index (κ1) is 22.1. The van der Waals surface area contributed by atoms with Crippen molar-refractivity contribution in [2.24, 2.45) is 0 Å². The van der Waals surface area contributed by atoms with Crippen LogP contribution in [0.25, 0.3) is 0 Å². The van der Waals surface area contributed by atoms with Crippen LogP contribution in [0.5, 0.6) is 11.5 Å². The highest BCUT2D eigenvalue weighted by Crippen LogP contribution is 2.34. The van der Waals surface area contributed by atoms with E-state index in [1.54, 1.807) is 30.3 Å². The van der Waals surface area contributed by atoms with Crippen molar-refractivity contribution < 1.29 is 28.5 Å². The maximum atomic E-state index is 12.5. The van der Waals surface area contributed by atoms with Crippen LogP contribution in [0.2, 0.25) is 0 Å². The number of rotatable bonds is 6. The first-order valence-electron chi connectivity index (χ1n) is 10.8. The Morgan fingerprint density at radius 3 is 2.47 bits per heavy atom. The Bertz CT molecular complexity index is 967. The number of ether oxygens (including phenoxy) is 4. The van der Waals surface area contributed by atoms with E-state index < -0.39 is 18.0 Å². The summed E-state index contributed by atoms with van der Waals surface area (Å²) in [6.07, 6.45) is -0.541. The molecule has 8 heteroatoms. The third-order valence-corrected chi connectivity index (χ3v) is 5.38. The fourth-order valence-corrected chi connectivity index (χ4v) is 3.92. The van der Waals surface area contributed by atoms with E-state index in [0.29, 0.717) is 22.7 Å². The number of morpholine rings is 1. The number of hydrogen-bond donors (Lipinski definition) is 1. The predicted octanol–water partition coefficient (Wildman–Crippen LogP) is 3.21. The number of nitrogens with one attached hydrogen (secondary N) is 1. The number of carbonyl (C=O) groups excluding carboxylic acids is 2. The van der Waals surface area contributed by atoms with Crippen LogP contribution in [0, 0.1) is 0 Å². The van der Waals surface area contributed by atoms with Gasteiger partial charge >= 0.3 is 5.97 Å². The molecule has 2 aromatic carbocycles. The molecule has 4 rings (SSSR count). The molecule has 1 amide bonds. The van der Waals surface area contributed by atoms with E-state index in [-0.39, 0.29) is 19.0 Å². The highest BCUT2D eigenvalue weighted by Gasteiger charge is 2.23. The summed E-state index contributed by atoms with van der Waals surface area (Å²) in [6, 6.07) is 12.4. The van der Waals surface area contributed by atoms with E-state index in [2.05, 4.69) is 24.1 Å². The zero-order valence-electron chi connectivity index (χ0n) is 18.5. The molecular weight excluding hydrogens is 412 g/mol. The Morgan fingerprint density at radius 2 is 1.75 bits per heavy atom. The fraction of sp³-hybridized carbons (Fsp3) is 0.417. The Hall–Kier alpha value is -3.10. The van der Waals surface area contributed by atoms with Crippen LogP contribution >= 0.6 is 0 Å². The normalized spacial score (nSPS) is 21.1. The van der Waals surface area contributed by atoms with Gasteiger partial charge in [-0.25, -0.2) is 4.79 Å². The highest BCUT2D eigenvalue weighted by molar-refractivity contribution is 5.97. The molecule has 0 aromatic heterocycles. The smallest absolute Gasteiger partial charge is 0.338 e. The summed E-state index contributed by atoms with van der Waals surface area (Å²) in [5.41, 5.74) is 2.05. The minimum Gasteiger partial charge on any atom is -0.454 e. The Balaban J connectivity index is 1.29. The lowest BCUT2D eigenvalue weighted by Crippen LogP contribution is -2.44. The van der Waals surface area contributed by atoms with Crippen molar-refractivity contribution in [3.05, 3.63) is 53.6 Å². The van der Waals surface area contributed by atoms with E-state index in [0.717, 1.165) is 25.2 Å². The SMILES string of the molecule is C[C@@H]1CN(Cc2ccc(C(=O)O[C@@H](C)C(=O)Nc3ccc4c(c3)OCO4)cc2)C[C@H](C)O1. The molecule has 1 saturated heterocycles. The van der Waals surface area contributed by atoms with Crippen molar-refractivity contribution in [2.45, 2.75) is 45.6 Å². The van der Waals surface area contributed by atoms with Gasteiger partial charge in [-0.3, -0.25) is 9.69 Å². The van der Waals surface area contributed by atoms with Crippen molar-refractivity contribution in [1.29, 1.82) is 0 Å². The second kappa shape index (κ2) is 9.58. The van der Waals surface area contributed by atoms with E-state index in [4.69, 9.17) is 18.9 Å². The molecule has 170 valence electrons. The molecule has 0 radical (unpaired) electrons. The third kappa shape index (κ3) is 5.38. The van der Waals surface area contributed by atoms with Gasteiger partial charge in [0.25, 0.3) is 5.91 Å². The predicted molar refractivity (Wildman–Crippen MR) is 118 cm³/mol. The van der Waals surface area contributed by atoms with Crippen molar-refractivity contribution in [1.82, 2.24) is 4.90 Å². The fourth-order valence-electron chi connectivity index (χ4n) is 3.92. The molecule has 2 aromatic rings. The maximum absolute atomic E-state index is 12.5. The average molecular weight is 440 g/mol. The van der Waals surface area contributed by atoms with Crippen LogP contribution in [0.15, 0.2) is 42.5 Å². The van der Waals surface area contributed by atoms with Gasteiger partial charge in [0.1, 0.15) is 0 Å². The number of fused-ring (bicyclic) bond motifs is 1. The number of hydrogen-bond acceptors (Lipinski definition) is 7. The summed E-state index contributed by atoms with van der Waals surface area (Å²) >= 11 is 0. The summed E-state index contributed by atoms with van der Waals surface area (Å²) in [6.45, 7) is 8.40. The van der Waals surface area contributed by atoms with Crippen LogP contribution in [-0.2, 0) is 20.8 Å². The number of esters is 1. The molecule has 0 saturated carbocycles. The first-order valence-corrected chi connectivity index (χ1v) is 10.8. The molecule has 2 aliphatic rings.